The summed E-state index contributed by atoms with van der Waals surface area (Å²) in [5.41, 5.74) is 0.261. The Hall–Kier alpha value is -1.91. The summed E-state index contributed by atoms with van der Waals surface area (Å²) in [6.45, 7) is 0. The van der Waals surface area contributed by atoms with Crippen LogP contribution in [-0.4, -0.2) is 11.2 Å². The minimum atomic E-state index is -0.694. The predicted octanol–water partition coefficient (Wildman–Crippen LogP) is 2.28. The van der Waals surface area contributed by atoms with Gasteiger partial charge in [-0.15, -0.1) is 0 Å². The number of fused-ring (bicyclic) bond motifs is 1. The highest BCUT2D eigenvalue weighted by Gasteiger charge is 2.41. The molecule has 0 unspecified atom stereocenters. The van der Waals surface area contributed by atoms with Gasteiger partial charge in [0.15, 0.2) is 0 Å². The molecule has 1 saturated carbocycles. The molecular weight excluding hydrogens is 254 g/mol. The summed E-state index contributed by atoms with van der Waals surface area (Å²) in [4.78, 5) is 25.1. The Kier molecular flexibility index (Phi) is 2.36. The molecule has 2 aromatic rings. The van der Waals surface area contributed by atoms with E-state index >= 15 is 0 Å². The third kappa shape index (κ3) is 1.50. The molecule has 1 N–H and O–H groups in total. The minimum absolute atomic E-state index is 0.0400. The monoisotopic (exact) mass is 263 g/mol. The summed E-state index contributed by atoms with van der Waals surface area (Å²) in [7, 11) is 0. The van der Waals surface area contributed by atoms with E-state index in [1.165, 1.54) is 6.07 Å². The highest BCUT2D eigenvalue weighted by Crippen LogP contribution is 2.48. The SMILES string of the molecule is O=C=NC1(c2cc3oc(=O)sc3cc2O)CCC1. The largest absolute Gasteiger partial charge is 0.508 e. The Morgan fingerprint density at radius 1 is 1.44 bits per heavy atom. The van der Waals surface area contributed by atoms with Gasteiger partial charge in [-0.3, -0.25) is 0 Å². The molecule has 6 heteroatoms. The van der Waals surface area contributed by atoms with Crippen LogP contribution in [0, 0.1) is 0 Å². The van der Waals surface area contributed by atoms with E-state index in [2.05, 4.69) is 4.99 Å². The first-order valence-corrected chi connectivity index (χ1v) is 6.32. The Morgan fingerprint density at radius 3 is 2.83 bits per heavy atom. The van der Waals surface area contributed by atoms with Gasteiger partial charge in [0, 0.05) is 11.6 Å². The zero-order chi connectivity index (χ0) is 12.8. The van der Waals surface area contributed by atoms with Crippen LogP contribution in [0.2, 0.25) is 0 Å². The van der Waals surface area contributed by atoms with Crippen LogP contribution in [0.4, 0.5) is 0 Å². The van der Waals surface area contributed by atoms with Gasteiger partial charge in [-0.2, -0.15) is 4.99 Å². The standard InChI is InChI=1S/C12H9NO4S/c14-6-13-12(2-1-3-12)7-4-9-10(5-8(7)15)18-11(16)17-9/h4-5,15H,1-3H2. The zero-order valence-corrected chi connectivity index (χ0v) is 10.1. The van der Waals surface area contributed by atoms with Crippen molar-refractivity contribution in [1.82, 2.24) is 0 Å². The second-order valence-corrected chi connectivity index (χ2v) is 5.34. The number of aliphatic imine (C=N–C) groups is 1. The summed E-state index contributed by atoms with van der Waals surface area (Å²) >= 11 is 0.934. The molecule has 18 heavy (non-hydrogen) atoms. The number of phenolic OH excluding ortho intramolecular Hbond substituents is 1. The van der Waals surface area contributed by atoms with Crippen LogP contribution in [0.5, 0.6) is 5.75 Å². The molecule has 1 aliphatic carbocycles. The molecule has 1 fully saturated rings. The molecule has 1 aromatic heterocycles. The van der Waals surface area contributed by atoms with Crippen LogP contribution in [0.3, 0.4) is 0 Å². The van der Waals surface area contributed by atoms with Gasteiger partial charge in [0.05, 0.1) is 4.70 Å². The molecule has 0 spiro atoms. The molecule has 0 amide bonds. The predicted molar refractivity (Wildman–Crippen MR) is 65.7 cm³/mol. The summed E-state index contributed by atoms with van der Waals surface area (Å²) in [6, 6.07) is 3.09. The number of hydrogen-bond donors (Lipinski definition) is 1. The number of nitrogens with zero attached hydrogens (tertiary/aromatic N) is 1. The number of rotatable bonds is 2. The van der Waals surface area contributed by atoms with Crippen LogP contribution in [0.25, 0.3) is 10.3 Å². The molecule has 0 radical (unpaired) electrons. The highest BCUT2D eigenvalue weighted by molar-refractivity contribution is 7.16. The van der Waals surface area contributed by atoms with E-state index in [0.29, 0.717) is 28.7 Å². The van der Waals surface area contributed by atoms with Crippen molar-refractivity contribution in [1.29, 1.82) is 0 Å². The van der Waals surface area contributed by atoms with Crippen LogP contribution in [0.1, 0.15) is 24.8 Å². The lowest BCUT2D eigenvalue weighted by Gasteiger charge is -2.37. The highest BCUT2D eigenvalue weighted by atomic mass is 32.1. The fraction of sp³-hybridized carbons (Fsp3) is 0.333. The first kappa shape index (κ1) is 11.2. The van der Waals surface area contributed by atoms with Gasteiger partial charge in [-0.1, -0.05) is 11.3 Å². The molecule has 0 saturated heterocycles. The Bertz CT molecular complexity index is 719. The maximum absolute atomic E-state index is 11.2. The van der Waals surface area contributed by atoms with Gasteiger partial charge in [0.2, 0.25) is 6.08 Å². The second kappa shape index (κ2) is 3.80. The van der Waals surface area contributed by atoms with Gasteiger partial charge < -0.3 is 9.52 Å². The van der Waals surface area contributed by atoms with Gasteiger partial charge in [0.1, 0.15) is 16.9 Å². The lowest BCUT2D eigenvalue weighted by molar-refractivity contribution is 0.248. The van der Waals surface area contributed by atoms with Crippen molar-refractivity contribution < 1.29 is 14.3 Å². The lowest BCUT2D eigenvalue weighted by Crippen LogP contribution is -2.31. The fourth-order valence-electron chi connectivity index (χ4n) is 2.32. The number of hydrogen-bond acceptors (Lipinski definition) is 6. The van der Waals surface area contributed by atoms with E-state index in [1.807, 2.05) is 0 Å². The molecule has 0 bridgehead atoms. The second-order valence-electron chi connectivity index (χ2n) is 4.36. The summed E-state index contributed by atoms with van der Waals surface area (Å²) in [6.07, 6.45) is 3.88. The third-order valence-electron chi connectivity index (χ3n) is 3.39. The molecule has 3 rings (SSSR count). The minimum Gasteiger partial charge on any atom is -0.508 e. The topological polar surface area (TPSA) is 79.9 Å². The van der Waals surface area contributed by atoms with Gasteiger partial charge >= 0.3 is 4.94 Å². The number of phenols is 1. The Balaban J connectivity index is 2.24. The molecule has 1 aliphatic rings. The molecule has 92 valence electrons. The van der Waals surface area contributed by atoms with Crippen molar-refractivity contribution in [2.45, 2.75) is 24.8 Å². The molecule has 1 heterocycles. The fourth-order valence-corrected chi connectivity index (χ4v) is 3.01. The van der Waals surface area contributed by atoms with E-state index in [0.717, 1.165) is 17.8 Å². The first-order valence-electron chi connectivity index (χ1n) is 5.51. The van der Waals surface area contributed by atoms with Gasteiger partial charge in [0.25, 0.3) is 0 Å². The zero-order valence-electron chi connectivity index (χ0n) is 9.30. The van der Waals surface area contributed by atoms with E-state index in [9.17, 15) is 14.7 Å². The number of isocyanates is 1. The van der Waals surface area contributed by atoms with Crippen molar-refractivity contribution >= 4 is 27.7 Å². The third-order valence-corrected chi connectivity index (χ3v) is 4.18. The maximum atomic E-state index is 11.2. The number of benzene rings is 1. The van der Waals surface area contributed by atoms with Crippen molar-refractivity contribution in [3.8, 4) is 5.75 Å². The maximum Gasteiger partial charge on any atom is 0.396 e. The normalized spacial score (nSPS) is 17.1. The first-order chi connectivity index (χ1) is 8.64. The smallest absolute Gasteiger partial charge is 0.396 e. The van der Waals surface area contributed by atoms with E-state index in [-0.39, 0.29) is 5.75 Å². The number of carbonyl (C=O) groups excluding carboxylic acids is 1. The van der Waals surface area contributed by atoms with Gasteiger partial charge in [-0.05, 0) is 25.3 Å². The molecule has 5 nitrogen and oxygen atoms in total. The molecule has 1 aromatic carbocycles. The average Bonchev–Trinajstić information content (AvgIpc) is 2.62. The summed E-state index contributed by atoms with van der Waals surface area (Å²) < 4.78 is 5.61. The van der Waals surface area contributed by atoms with Crippen LogP contribution < -0.4 is 4.94 Å². The number of aromatic hydroxyl groups is 1. The average molecular weight is 263 g/mol. The van der Waals surface area contributed by atoms with Crippen molar-refractivity contribution in [3.05, 3.63) is 27.4 Å². The van der Waals surface area contributed by atoms with E-state index < -0.39 is 10.5 Å². The molecule has 0 aliphatic heterocycles. The molecular formula is C12H9NO4S. The van der Waals surface area contributed by atoms with E-state index in [4.69, 9.17) is 4.42 Å². The molecule has 0 atom stereocenters. The van der Waals surface area contributed by atoms with Crippen molar-refractivity contribution in [2.75, 3.05) is 0 Å². The lowest BCUT2D eigenvalue weighted by atomic mass is 9.72. The Labute approximate surface area is 105 Å². The quantitative estimate of drug-likeness (QED) is 0.665. The van der Waals surface area contributed by atoms with Gasteiger partial charge in [-0.25, -0.2) is 9.59 Å². The van der Waals surface area contributed by atoms with Crippen molar-refractivity contribution in [2.24, 2.45) is 4.99 Å². The summed E-state index contributed by atoms with van der Waals surface area (Å²) in [5.74, 6) is 0.0400. The van der Waals surface area contributed by atoms with Crippen LogP contribution in [0.15, 0.2) is 26.3 Å². The van der Waals surface area contributed by atoms with Crippen LogP contribution >= 0.6 is 11.3 Å². The Morgan fingerprint density at radius 2 is 2.22 bits per heavy atom. The van der Waals surface area contributed by atoms with Crippen molar-refractivity contribution in [3.63, 3.8) is 0 Å². The van der Waals surface area contributed by atoms with Crippen LogP contribution in [-0.2, 0) is 10.3 Å². The summed E-state index contributed by atoms with van der Waals surface area (Å²) in [5, 5.41) is 10.0. The van der Waals surface area contributed by atoms with E-state index in [1.54, 1.807) is 12.1 Å².